The normalized spacial score (nSPS) is 15.5. The van der Waals surface area contributed by atoms with Crippen LogP contribution < -0.4 is 5.32 Å². The second-order valence-electron chi connectivity index (χ2n) is 7.64. The fourth-order valence-corrected chi connectivity index (χ4v) is 4.19. The highest BCUT2D eigenvalue weighted by Gasteiger charge is 2.22. The van der Waals surface area contributed by atoms with Gasteiger partial charge in [0.1, 0.15) is 6.33 Å². The molecule has 2 aromatic carbocycles. The third kappa shape index (κ3) is 4.01. The van der Waals surface area contributed by atoms with Gasteiger partial charge in [0, 0.05) is 31.4 Å². The van der Waals surface area contributed by atoms with Crippen molar-refractivity contribution >= 4 is 28.6 Å². The van der Waals surface area contributed by atoms with E-state index in [4.69, 9.17) is 11.6 Å². The molecule has 2 aromatic heterocycles. The van der Waals surface area contributed by atoms with Crippen LogP contribution in [-0.4, -0.2) is 43.6 Å². The van der Waals surface area contributed by atoms with E-state index in [0.29, 0.717) is 17.5 Å². The molecule has 0 radical (unpaired) electrons. The Bertz CT molecular complexity index is 1120. The molecule has 1 fully saturated rings. The number of benzene rings is 2. The Morgan fingerprint density at radius 2 is 1.63 bits per heavy atom. The lowest BCUT2D eigenvalue weighted by Crippen LogP contribution is -2.38. The monoisotopic (exact) mass is 418 g/mol. The predicted molar refractivity (Wildman–Crippen MR) is 120 cm³/mol. The van der Waals surface area contributed by atoms with Crippen molar-refractivity contribution < 1.29 is 0 Å². The van der Waals surface area contributed by atoms with Crippen LogP contribution in [0.1, 0.15) is 18.4 Å². The van der Waals surface area contributed by atoms with Gasteiger partial charge in [0.25, 0.3) is 0 Å². The zero-order chi connectivity index (χ0) is 20.3. The minimum absolute atomic E-state index is 0.226. The van der Waals surface area contributed by atoms with Crippen LogP contribution in [0, 0.1) is 0 Å². The molecule has 0 aliphatic carbocycles. The number of rotatable bonds is 5. The number of hydrogen-bond acceptors (Lipinski definition) is 5. The van der Waals surface area contributed by atoms with E-state index in [2.05, 4.69) is 55.5 Å². The summed E-state index contributed by atoms with van der Waals surface area (Å²) in [4.78, 5) is 16.0. The van der Waals surface area contributed by atoms with Crippen molar-refractivity contribution in [3.63, 3.8) is 0 Å². The Hall–Kier alpha value is -2.96. The van der Waals surface area contributed by atoms with E-state index >= 15 is 0 Å². The summed E-state index contributed by atoms with van der Waals surface area (Å²) in [5.41, 5.74) is 3.81. The van der Waals surface area contributed by atoms with Crippen LogP contribution in [0.3, 0.4) is 0 Å². The number of anilines is 1. The van der Waals surface area contributed by atoms with E-state index in [1.54, 1.807) is 6.33 Å². The average Bonchev–Trinajstić information content (AvgIpc) is 3.20. The van der Waals surface area contributed by atoms with Gasteiger partial charge in [-0.3, -0.25) is 9.47 Å². The van der Waals surface area contributed by atoms with E-state index < -0.39 is 0 Å². The molecule has 1 aliphatic rings. The van der Waals surface area contributed by atoms with Gasteiger partial charge in [-0.25, -0.2) is 4.98 Å². The lowest BCUT2D eigenvalue weighted by molar-refractivity contribution is 0.211. The number of piperidine rings is 1. The van der Waals surface area contributed by atoms with Gasteiger partial charge >= 0.3 is 0 Å². The van der Waals surface area contributed by atoms with E-state index in [-0.39, 0.29) is 5.28 Å². The standard InChI is InChI=1S/C23H23ClN6/c24-23-27-21(20-22(28-23)30(16-25-20)19-9-5-2-6-10-19)26-18-11-13-29(14-12-18)15-17-7-3-1-4-8-17/h1-10,16,18H,11-15H2,(H,26,27,28). The molecule has 1 N–H and O–H groups in total. The van der Waals surface area contributed by atoms with Gasteiger partial charge in [-0.15, -0.1) is 0 Å². The summed E-state index contributed by atoms with van der Waals surface area (Å²) in [6, 6.07) is 21.0. The molecule has 0 spiro atoms. The molecule has 152 valence electrons. The summed E-state index contributed by atoms with van der Waals surface area (Å²) in [5, 5.41) is 3.80. The van der Waals surface area contributed by atoms with E-state index in [9.17, 15) is 0 Å². The molecule has 1 saturated heterocycles. The number of nitrogens with zero attached hydrogens (tertiary/aromatic N) is 5. The highest BCUT2D eigenvalue weighted by atomic mass is 35.5. The first-order valence-corrected chi connectivity index (χ1v) is 10.6. The Kier molecular flexibility index (Phi) is 5.34. The minimum Gasteiger partial charge on any atom is -0.365 e. The van der Waals surface area contributed by atoms with E-state index in [1.165, 1.54) is 5.56 Å². The molecule has 3 heterocycles. The van der Waals surface area contributed by atoms with Gasteiger partial charge in [-0.1, -0.05) is 48.5 Å². The minimum atomic E-state index is 0.226. The third-order valence-electron chi connectivity index (χ3n) is 5.58. The molecule has 5 rings (SSSR count). The lowest BCUT2D eigenvalue weighted by Gasteiger charge is -2.32. The molecule has 6 nitrogen and oxygen atoms in total. The molecule has 7 heteroatoms. The first-order chi connectivity index (χ1) is 14.8. The molecular weight excluding hydrogens is 396 g/mol. The zero-order valence-corrected chi connectivity index (χ0v) is 17.3. The van der Waals surface area contributed by atoms with Gasteiger partial charge in [0.2, 0.25) is 5.28 Å². The van der Waals surface area contributed by atoms with Crippen molar-refractivity contribution in [3.8, 4) is 5.69 Å². The van der Waals surface area contributed by atoms with Gasteiger partial charge in [-0.2, -0.15) is 9.97 Å². The SMILES string of the molecule is Clc1nc(NC2CCN(Cc3ccccc3)CC2)c2ncn(-c3ccccc3)c2n1. The molecule has 0 atom stereocenters. The lowest BCUT2D eigenvalue weighted by atomic mass is 10.0. The van der Waals surface area contributed by atoms with Crippen molar-refractivity contribution in [2.75, 3.05) is 18.4 Å². The molecule has 0 saturated carbocycles. The van der Waals surface area contributed by atoms with Crippen LogP contribution in [0.4, 0.5) is 5.82 Å². The van der Waals surface area contributed by atoms with Crippen LogP contribution in [-0.2, 0) is 6.54 Å². The van der Waals surface area contributed by atoms with E-state index in [0.717, 1.165) is 43.7 Å². The fraction of sp³-hybridized carbons (Fsp3) is 0.261. The van der Waals surface area contributed by atoms with Crippen molar-refractivity contribution in [1.82, 2.24) is 24.4 Å². The summed E-state index contributed by atoms with van der Waals surface area (Å²) >= 11 is 6.26. The maximum Gasteiger partial charge on any atom is 0.226 e. The van der Waals surface area contributed by atoms with Crippen molar-refractivity contribution in [1.29, 1.82) is 0 Å². The number of imidazole rings is 1. The predicted octanol–water partition coefficient (Wildman–Crippen LogP) is 4.55. The second-order valence-corrected chi connectivity index (χ2v) is 7.98. The molecule has 0 amide bonds. The van der Waals surface area contributed by atoms with Crippen LogP contribution in [0.5, 0.6) is 0 Å². The molecular formula is C23H23ClN6. The van der Waals surface area contributed by atoms with Crippen LogP contribution in [0.2, 0.25) is 5.28 Å². The van der Waals surface area contributed by atoms with Crippen LogP contribution >= 0.6 is 11.6 Å². The number of nitrogens with one attached hydrogen (secondary N) is 1. The quantitative estimate of drug-likeness (QED) is 0.482. The number of fused-ring (bicyclic) bond motifs is 1. The third-order valence-corrected chi connectivity index (χ3v) is 5.75. The number of aromatic nitrogens is 4. The maximum atomic E-state index is 6.26. The van der Waals surface area contributed by atoms with Gasteiger partial charge < -0.3 is 5.32 Å². The van der Waals surface area contributed by atoms with E-state index in [1.807, 2.05) is 34.9 Å². The molecule has 0 bridgehead atoms. The first kappa shape index (κ1) is 19.0. The topological polar surface area (TPSA) is 58.9 Å². The Morgan fingerprint density at radius 3 is 2.37 bits per heavy atom. The summed E-state index contributed by atoms with van der Waals surface area (Å²) < 4.78 is 1.94. The summed E-state index contributed by atoms with van der Waals surface area (Å²) in [6.45, 7) is 3.10. The van der Waals surface area contributed by atoms with Gasteiger partial charge in [0.05, 0.1) is 0 Å². The Morgan fingerprint density at radius 1 is 0.933 bits per heavy atom. The molecule has 0 unspecified atom stereocenters. The van der Waals surface area contributed by atoms with Crippen molar-refractivity contribution in [2.24, 2.45) is 0 Å². The Balaban J connectivity index is 1.31. The average molecular weight is 419 g/mol. The van der Waals surface area contributed by atoms with Gasteiger partial charge in [-0.05, 0) is 42.1 Å². The smallest absolute Gasteiger partial charge is 0.226 e. The van der Waals surface area contributed by atoms with Crippen molar-refractivity contribution in [3.05, 3.63) is 77.8 Å². The number of hydrogen-bond donors (Lipinski definition) is 1. The summed E-state index contributed by atoms with van der Waals surface area (Å²) in [6.07, 6.45) is 3.88. The zero-order valence-electron chi connectivity index (χ0n) is 16.6. The highest BCUT2D eigenvalue weighted by molar-refractivity contribution is 6.28. The van der Waals surface area contributed by atoms with Gasteiger partial charge in [0.15, 0.2) is 17.0 Å². The number of halogens is 1. The Labute approximate surface area is 180 Å². The molecule has 30 heavy (non-hydrogen) atoms. The molecule has 1 aliphatic heterocycles. The number of likely N-dealkylation sites (tertiary alicyclic amines) is 1. The summed E-state index contributed by atoms with van der Waals surface area (Å²) in [7, 11) is 0. The maximum absolute atomic E-state index is 6.26. The highest BCUT2D eigenvalue weighted by Crippen LogP contribution is 2.26. The van der Waals surface area contributed by atoms with Crippen LogP contribution in [0.25, 0.3) is 16.9 Å². The summed E-state index contributed by atoms with van der Waals surface area (Å²) in [5.74, 6) is 0.709. The first-order valence-electron chi connectivity index (χ1n) is 10.2. The number of para-hydroxylation sites is 1. The fourth-order valence-electron chi connectivity index (χ4n) is 4.02. The van der Waals surface area contributed by atoms with Crippen molar-refractivity contribution in [2.45, 2.75) is 25.4 Å². The largest absolute Gasteiger partial charge is 0.365 e. The van der Waals surface area contributed by atoms with Crippen LogP contribution in [0.15, 0.2) is 67.0 Å². The molecule has 4 aromatic rings. The second kappa shape index (κ2) is 8.42.